The molecule has 2 heterocycles. The van der Waals surface area contributed by atoms with E-state index in [9.17, 15) is 9.35 Å². The standard InChI is InChI=1S/C11H11N3O2S/c1-17(16)11-9-8-6(10(15)13-5-12-9)3-2-4-7(8)14-11/h2-4,12,14H,5H2,1H3,(H,13,15). The van der Waals surface area contributed by atoms with E-state index in [4.69, 9.17) is 0 Å². The summed E-state index contributed by atoms with van der Waals surface area (Å²) in [4.78, 5) is 14.9. The third-order valence-electron chi connectivity index (χ3n) is 2.84. The van der Waals surface area contributed by atoms with Gasteiger partial charge in [-0.05, 0) is 12.1 Å². The summed E-state index contributed by atoms with van der Waals surface area (Å²) >= 11 is -1.12. The van der Waals surface area contributed by atoms with Gasteiger partial charge >= 0.3 is 0 Å². The van der Waals surface area contributed by atoms with Gasteiger partial charge in [-0.3, -0.25) is 4.79 Å². The number of amides is 1. The molecule has 1 aliphatic heterocycles. The van der Waals surface area contributed by atoms with Crippen molar-refractivity contribution in [3.05, 3.63) is 23.8 Å². The highest BCUT2D eigenvalue weighted by atomic mass is 32.2. The molecule has 3 rings (SSSR count). The fourth-order valence-electron chi connectivity index (χ4n) is 2.11. The molecule has 0 spiro atoms. The monoisotopic (exact) mass is 249 g/mol. The minimum Gasteiger partial charge on any atom is -0.610 e. The molecule has 6 heteroatoms. The van der Waals surface area contributed by atoms with Crippen LogP contribution in [-0.2, 0) is 11.2 Å². The zero-order valence-corrected chi connectivity index (χ0v) is 9.98. The summed E-state index contributed by atoms with van der Waals surface area (Å²) in [5.74, 6) is -0.116. The number of benzene rings is 1. The van der Waals surface area contributed by atoms with Crippen LogP contribution in [0.5, 0.6) is 0 Å². The van der Waals surface area contributed by atoms with E-state index in [1.807, 2.05) is 12.1 Å². The maximum atomic E-state index is 11.8. The van der Waals surface area contributed by atoms with E-state index in [1.165, 1.54) is 0 Å². The smallest absolute Gasteiger partial charge is 0.253 e. The predicted molar refractivity (Wildman–Crippen MR) is 66.6 cm³/mol. The summed E-state index contributed by atoms with van der Waals surface area (Å²) in [6.45, 7) is 0.338. The molecular weight excluding hydrogens is 238 g/mol. The van der Waals surface area contributed by atoms with Crippen molar-refractivity contribution < 1.29 is 9.35 Å². The second-order valence-electron chi connectivity index (χ2n) is 3.87. The number of carbonyl (C=O) groups is 1. The zero-order chi connectivity index (χ0) is 12.0. The Morgan fingerprint density at radius 1 is 1.35 bits per heavy atom. The first-order valence-corrected chi connectivity index (χ1v) is 6.74. The molecule has 0 bridgehead atoms. The molecule has 0 fully saturated rings. The largest absolute Gasteiger partial charge is 0.610 e. The third-order valence-corrected chi connectivity index (χ3v) is 3.72. The first-order valence-electron chi connectivity index (χ1n) is 5.18. The number of nitrogens with one attached hydrogen (secondary N) is 3. The second-order valence-corrected chi connectivity index (χ2v) is 5.19. The van der Waals surface area contributed by atoms with Crippen LogP contribution in [0.1, 0.15) is 10.4 Å². The highest BCUT2D eigenvalue weighted by molar-refractivity contribution is 7.90. The van der Waals surface area contributed by atoms with Crippen LogP contribution in [0.25, 0.3) is 10.9 Å². The number of carbonyl (C=O) groups excluding carboxylic acids is 1. The maximum absolute atomic E-state index is 11.8. The number of rotatable bonds is 1. The molecule has 1 aromatic heterocycles. The lowest BCUT2D eigenvalue weighted by Crippen LogP contribution is -2.27. The average Bonchev–Trinajstić information content (AvgIpc) is 2.59. The molecule has 0 saturated carbocycles. The van der Waals surface area contributed by atoms with Crippen molar-refractivity contribution in [3.63, 3.8) is 0 Å². The summed E-state index contributed by atoms with van der Waals surface area (Å²) in [5, 5.41) is 7.28. The minimum absolute atomic E-state index is 0.116. The Morgan fingerprint density at radius 3 is 2.94 bits per heavy atom. The number of hydrogen-bond donors (Lipinski definition) is 3. The SMILES string of the molecule is C[S+]([O-])c1[nH]c2cccc3c2c1NCNC3=O. The summed E-state index contributed by atoms with van der Waals surface area (Å²) in [5.41, 5.74) is 2.19. The lowest BCUT2D eigenvalue weighted by Gasteiger charge is -2.06. The Balaban J connectivity index is 2.39. The van der Waals surface area contributed by atoms with E-state index in [-0.39, 0.29) is 5.91 Å². The Morgan fingerprint density at radius 2 is 2.18 bits per heavy atom. The molecule has 1 aromatic carbocycles. The number of aromatic nitrogens is 1. The topological polar surface area (TPSA) is 80.0 Å². The average molecular weight is 249 g/mol. The molecule has 5 nitrogen and oxygen atoms in total. The van der Waals surface area contributed by atoms with Crippen LogP contribution in [0.15, 0.2) is 23.2 Å². The fourth-order valence-corrected chi connectivity index (χ4v) is 2.82. The van der Waals surface area contributed by atoms with Crippen molar-refractivity contribution in [2.75, 3.05) is 18.2 Å². The number of aromatic amines is 1. The lowest BCUT2D eigenvalue weighted by molar-refractivity contribution is 0.0959. The Hall–Kier alpha value is -1.66. The van der Waals surface area contributed by atoms with Crippen LogP contribution in [-0.4, -0.2) is 28.4 Å². The highest BCUT2D eigenvalue weighted by Gasteiger charge is 2.25. The van der Waals surface area contributed by atoms with Gasteiger partial charge in [-0.1, -0.05) is 6.07 Å². The van der Waals surface area contributed by atoms with Crippen LogP contribution >= 0.6 is 0 Å². The van der Waals surface area contributed by atoms with E-state index in [0.717, 1.165) is 16.6 Å². The van der Waals surface area contributed by atoms with Crippen molar-refractivity contribution in [2.45, 2.75) is 5.03 Å². The van der Waals surface area contributed by atoms with Crippen LogP contribution in [0.3, 0.4) is 0 Å². The van der Waals surface area contributed by atoms with Gasteiger partial charge in [0.1, 0.15) is 11.9 Å². The first-order chi connectivity index (χ1) is 8.18. The summed E-state index contributed by atoms with van der Waals surface area (Å²) in [6, 6.07) is 5.45. The number of anilines is 1. The van der Waals surface area contributed by atoms with Gasteiger partial charge in [-0.25, -0.2) is 0 Å². The van der Waals surface area contributed by atoms with Crippen LogP contribution in [0.2, 0.25) is 0 Å². The quantitative estimate of drug-likeness (QED) is 0.660. The highest BCUT2D eigenvalue weighted by Crippen LogP contribution is 2.34. The van der Waals surface area contributed by atoms with Gasteiger partial charge in [0, 0.05) is 16.6 Å². The van der Waals surface area contributed by atoms with Crippen LogP contribution in [0.4, 0.5) is 5.69 Å². The van der Waals surface area contributed by atoms with Crippen LogP contribution in [0, 0.1) is 0 Å². The van der Waals surface area contributed by atoms with E-state index < -0.39 is 11.2 Å². The molecule has 0 radical (unpaired) electrons. The van der Waals surface area contributed by atoms with Gasteiger partial charge in [-0.15, -0.1) is 0 Å². The fraction of sp³-hybridized carbons (Fsp3) is 0.182. The van der Waals surface area contributed by atoms with E-state index in [2.05, 4.69) is 15.6 Å². The van der Waals surface area contributed by atoms with Crippen molar-refractivity contribution >= 4 is 33.7 Å². The van der Waals surface area contributed by atoms with Gasteiger partial charge in [0.05, 0.1) is 17.7 Å². The molecule has 88 valence electrons. The Bertz CT molecular complexity index is 606. The molecule has 1 amide bonds. The molecular formula is C11H11N3O2S. The van der Waals surface area contributed by atoms with Gasteiger partial charge in [0.15, 0.2) is 0 Å². The molecule has 1 aliphatic rings. The first kappa shape index (κ1) is 10.5. The van der Waals surface area contributed by atoms with Gasteiger partial charge in [-0.2, -0.15) is 0 Å². The summed E-state index contributed by atoms with van der Waals surface area (Å²) < 4.78 is 11.7. The second kappa shape index (κ2) is 3.68. The normalized spacial score (nSPS) is 16.2. The molecule has 0 saturated heterocycles. The van der Waals surface area contributed by atoms with E-state index in [0.29, 0.717) is 17.3 Å². The van der Waals surface area contributed by atoms with E-state index >= 15 is 0 Å². The van der Waals surface area contributed by atoms with Crippen molar-refractivity contribution in [1.29, 1.82) is 0 Å². The number of H-pyrrole nitrogens is 1. The maximum Gasteiger partial charge on any atom is 0.253 e. The predicted octanol–water partition coefficient (Wildman–Crippen LogP) is 1.02. The van der Waals surface area contributed by atoms with Crippen molar-refractivity contribution in [1.82, 2.24) is 10.3 Å². The minimum atomic E-state index is -1.12. The molecule has 0 aliphatic carbocycles. The van der Waals surface area contributed by atoms with Gasteiger partial charge in [0.25, 0.3) is 5.91 Å². The summed E-state index contributed by atoms with van der Waals surface area (Å²) in [6.07, 6.45) is 1.61. The number of hydrogen-bond acceptors (Lipinski definition) is 3. The molecule has 1 unspecified atom stereocenters. The van der Waals surface area contributed by atoms with Crippen LogP contribution < -0.4 is 10.6 Å². The third kappa shape index (κ3) is 1.49. The lowest BCUT2D eigenvalue weighted by atomic mass is 10.1. The molecule has 1 atom stereocenters. The van der Waals surface area contributed by atoms with E-state index in [1.54, 1.807) is 12.3 Å². The van der Waals surface area contributed by atoms with Gasteiger partial charge < -0.3 is 20.2 Å². The Labute approximate surface area is 101 Å². The zero-order valence-electron chi connectivity index (χ0n) is 9.16. The molecule has 17 heavy (non-hydrogen) atoms. The van der Waals surface area contributed by atoms with Crippen molar-refractivity contribution in [3.8, 4) is 0 Å². The molecule has 2 aromatic rings. The van der Waals surface area contributed by atoms with Crippen molar-refractivity contribution in [2.24, 2.45) is 0 Å². The van der Waals surface area contributed by atoms with Gasteiger partial charge in [0.2, 0.25) is 5.03 Å². The molecule has 3 N–H and O–H groups in total. The summed E-state index contributed by atoms with van der Waals surface area (Å²) in [7, 11) is 0. The Kier molecular flexibility index (Phi) is 2.27.